The van der Waals surface area contributed by atoms with Gasteiger partial charge in [0.2, 0.25) is 0 Å². The Morgan fingerprint density at radius 1 is 1.32 bits per heavy atom. The molecular formula is C19H26N4O2. The maximum Gasteiger partial charge on any atom is 0.319 e. The smallest absolute Gasteiger partial charge is 0.319 e. The highest BCUT2D eigenvalue weighted by molar-refractivity contribution is 5.89. The van der Waals surface area contributed by atoms with Crippen LogP contribution in [0.3, 0.4) is 0 Å². The zero-order chi connectivity index (χ0) is 18.2. The summed E-state index contributed by atoms with van der Waals surface area (Å²) in [5, 5.41) is 10.1. The van der Waals surface area contributed by atoms with E-state index >= 15 is 0 Å². The van der Waals surface area contributed by atoms with Crippen LogP contribution >= 0.6 is 0 Å². The van der Waals surface area contributed by atoms with Gasteiger partial charge in [-0.3, -0.25) is 4.68 Å². The largest absolute Gasteiger partial charge is 0.375 e. The molecule has 0 spiro atoms. The van der Waals surface area contributed by atoms with Crippen LogP contribution < -0.4 is 10.6 Å². The van der Waals surface area contributed by atoms with E-state index in [1.54, 1.807) is 0 Å². The van der Waals surface area contributed by atoms with Gasteiger partial charge in [-0.05, 0) is 44.5 Å². The second-order valence-electron chi connectivity index (χ2n) is 6.18. The zero-order valence-electron chi connectivity index (χ0n) is 15.1. The Morgan fingerprint density at radius 3 is 2.80 bits per heavy atom. The number of ether oxygens (including phenoxy) is 1. The summed E-state index contributed by atoms with van der Waals surface area (Å²) < 4.78 is 7.29. The van der Waals surface area contributed by atoms with Gasteiger partial charge in [0.15, 0.2) is 0 Å². The lowest BCUT2D eigenvalue weighted by Gasteiger charge is -2.10. The Bertz CT molecular complexity index is 737. The molecular weight excluding hydrogens is 316 g/mol. The van der Waals surface area contributed by atoms with E-state index in [9.17, 15) is 4.79 Å². The van der Waals surface area contributed by atoms with Crippen molar-refractivity contribution in [3.05, 3.63) is 59.4 Å². The summed E-state index contributed by atoms with van der Waals surface area (Å²) in [6.45, 7) is 11.8. The molecule has 2 aromatic rings. The second kappa shape index (κ2) is 9.03. The van der Waals surface area contributed by atoms with Crippen molar-refractivity contribution in [2.75, 3.05) is 25.1 Å². The molecule has 0 saturated heterocycles. The van der Waals surface area contributed by atoms with Gasteiger partial charge in [-0.15, -0.1) is 0 Å². The third kappa shape index (κ3) is 6.43. The Labute approximate surface area is 148 Å². The van der Waals surface area contributed by atoms with Gasteiger partial charge in [-0.25, -0.2) is 4.79 Å². The molecule has 2 N–H and O–H groups in total. The average molecular weight is 342 g/mol. The summed E-state index contributed by atoms with van der Waals surface area (Å²) in [6.07, 6.45) is 0. The highest BCUT2D eigenvalue weighted by Gasteiger charge is 2.05. The summed E-state index contributed by atoms with van der Waals surface area (Å²) in [5.41, 5.74) is 4.90. The molecule has 0 unspecified atom stereocenters. The number of hydrogen-bond donors (Lipinski definition) is 2. The summed E-state index contributed by atoms with van der Waals surface area (Å²) >= 11 is 0. The van der Waals surface area contributed by atoms with Crippen molar-refractivity contribution in [1.29, 1.82) is 0 Å². The molecule has 2 amide bonds. The van der Waals surface area contributed by atoms with Gasteiger partial charge in [-0.2, -0.15) is 5.10 Å². The first-order valence-electron chi connectivity index (χ1n) is 8.31. The van der Waals surface area contributed by atoms with Crippen molar-refractivity contribution < 1.29 is 9.53 Å². The number of carbonyl (C=O) groups excluding carboxylic acids is 1. The summed E-state index contributed by atoms with van der Waals surface area (Å²) in [7, 11) is 0. The van der Waals surface area contributed by atoms with Gasteiger partial charge in [-0.1, -0.05) is 24.3 Å². The lowest BCUT2D eigenvalue weighted by atomic mass is 10.2. The number of rotatable bonds is 8. The van der Waals surface area contributed by atoms with Crippen LogP contribution in [0.1, 0.15) is 23.9 Å². The fourth-order valence-corrected chi connectivity index (χ4v) is 2.41. The van der Waals surface area contributed by atoms with E-state index < -0.39 is 0 Å². The van der Waals surface area contributed by atoms with Gasteiger partial charge in [0.05, 0.1) is 25.5 Å². The van der Waals surface area contributed by atoms with Crippen molar-refractivity contribution in [3.63, 3.8) is 0 Å². The molecule has 0 aliphatic heterocycles. The Kier molecular flexibility index (Phi) is 6.77. The van der Waals surface area contributed by atoms with Crippen LogP contribution in [0.25, 0.3) is 0 Å². The molecule has 0 saturated carbocycles. The molecule has 0 atom stereocenters. The topological polar surface area (TPSA) is 68.2 Å². The molecule has 1 aromatic carbocycles. The fourth-order valence-electron chi connectivity index (χ4n) is 2.41. The summed E-state index contributed by atoms with van der Waals surface area (Å²) in [5.74, 6) is 0. The summed E-state index contributed by atoms with van der Waals surface area (Å²) in [4.78, 5) is 11.9. The van der Waals surface area contributed by atoms with Gasteiger partial charge in [0.25, 0.3) is 0 Å². The van der Waals surface area contributed by atoms with Crippen molar-refractivity contribution >= 4 is 11.7 Å². The molecule has 0 aliphatic carbocycles. The highest BCUT2D eigenvalue weighted by atomic mass is 16.5. The molecule has 2 rings (SSSR count). The number of aryl methyl sites for hydroxylation is 2. The molecule has 6 nitrogen and oxygen atoms in total. The fraction of sp³-hybridized carbons (Fsp3) is 0.368. The van der Waals surface area contributed by atoms with Crippen LogP contribution in [0.15, 0.2) is 42.5 Å². The number of nitrogens with one attached hydrogen (secondary N) is 2. The SMILES string of the molecule is C=C(C)COCCNC(=O)Nc1cccc(Cn2nc(C)cc2C)c1. The molecule has 134 valence electrons. The third-order valence-electron chi connectivity index (χ3n) is 3.50. The minimum atomic E-state index is -0.248. The minimum absolute atomic E-state index is 0.248. The third-order valence-corrected chi connectivity index (χ3v) is 3.50. The predicted octanol–water partition coefficient (Wildman–Crippen LogP) is 3.26. The maximum absolute atomic E-state index is 11.9. The molecule has 0 radical (unpaired) electrons. The van der Waals surface area contributed by atoms with Crippen molar-refractivity contribution in [2.45, 2.75) is 27.3 Å². The van der Waals surface area contributed by atoms with Gasteiger partial charge in [0.1, 0.15) is 0 Å². The van der Waals surface area contributed by atoms with Gasteiger partial charge in [0, 0.05) is 17.9 Å². The van der Waals surface area contributed by atoms with Crippen LogP contribution in [0.5, 0.6) is 0 Å². The van der Waals surface area contributed by atoms with E-state index in [1.165, 1.54) is 0 Å². The zero-order valence-corrected chi connectivity index (χ0v) is 15.1. The monoisotopic (exact) mass is 342 g/mol. The Morgan fingerprint density at radius 2 is 2.12 bits per heavy atom. The molecule has 0 aliphatic rings. The molecule has 0 bridgehead atoms. The van der Waals surface area contributed by atoms with Crippen LogP contribution in [-0.4, -0.2) is 35.6 Å². The van der Waals surface area contributed by atoms with Crippen LogP contribution in [0, 0.1) is 13.8 Å². The quantitative estimate of drug-likeness (QED) is 0.571. The average Bonchev–Trinajstić information content (AvgIpc) is 2.84. The van der Waals surface area contributed by atoms with E-state index in [-0.39, 0.29) is 6.03 Å². The first-order valence-corrected chi connectivity index (χ1v) is 8.31. The van der Waals surface area contributed by atoms with Crippen LogP contribution in [-0.2, 0) is 11.3 Å². The first kappa shape index (κ1) is 18.7. The molecule has 25 heavy (non-hydrogen) atoms. The van der Waals surface area contributed by atoms with E-state index in [0.717, 1.165) is 28.2 Å². The number of nitrogens with zero attached hydrogens (tertiary/aromatic N) is 2. The Balaban J connectivity index is 1.83. The van der Waals surface area contributed by atoms with Gasteiger partial charge < -0.3 is 15.4 Å². The number of hydrogen-bond acceptors (Lipinski definition) is 3. The predicted molar refractivity (Wildman–Crippen MR) is 99.9 cm³/mol. The number of benzene rings is 1. The van der Waals surface area contributed by atoms with Gasteiger partial charge >= 0.3 is 6.03 Å². The number of carbonyl (C=O) groups is 1. The second-order valence-corrected chi connectivity index (χ2v) is 6.18. The highest BCUT2D eigenvalue weighted by Crippen LogP contribution is 2.13. The molecule has 6 heteroatoms. The molecule has 1 aromatic heterocycles. The number of anilines is 1. The van der Waals surface area contributed by atoms with Crippen molar-refractivity contribution in [3.8, 4) is 0 Å². The lowest BCUT2D eigenvalue weighted by molar-refractivity contribution is 0.159. The Hall–Kier alpha value is -2.60. The van der Waals surface area contributed by atoms with E-state index in [2.05, 4.69) is 22.3 Å². The number of amides is 2. The standard InChI is InChI=1S/C19H26N4O2/c1-14(2)13-25-9-8-20-19(24)21-18-7-5-6-17(11-18)12-23-16(4)10-15(3)22-23/h5-7,10-11H,1,8-9,12-13H2,2-4H3,(H2,20,21,24). The van der Waals surface area contributed by atoms with Crippen molar-refractivity contribution in [1.82, 2.24) is 15.1 Å². The van der Waals surface area contributed by atoms with Crippen molar-refractivity contribution in [2.24, 2.45) is 0 Å². The normalized spacial score (nSPS) is 10.5. The summed E-state index contributed by atoms with van der Waals surface area (Å²) in [6, 6.07) is 9.56. The molecule has 1 heterocycles. The van der Waals surface area contributed by atoms with E-state index in [1.807, 2.05) is 55.8 Å². The first-order chi connectivity index (χ1) is 11.9. The lowest BCUT2D eigenvalue weighted by Crippen LogP contribution is -2.31. The van der Waals surface area contributed by atoms with E-state index in [4.69, 9.17) is 4.74 Å². The van der Waals surface area contributed by atoms with Crippen LogP contribution in [0.2, 0.25) is 0 Å². The van der Waals surface area contributed by atoms with E-state index in [0.29, 0.717) is 26.3 Å². The molecule has 0 fully saturated rings. The minimum Gasteiger partial charge on any atom is -0.375 e. The maximum atomic E-state index is 11.9. The number of urea groups is 1. The number of aromatic nitrogens is 2. The van der Waals surface area contributed by atoms with Crippen LogP contribution in [0.4, 0.5) is 10.5 Å².